The van der Waals surface area contributed by atoms with E-state index in [1.165, 1.54) is 24.3 Å². The van der Waals surface area contributed by atoms with E-state index < -0.39 is 10.0 Å². The summed E-state index contributed by atoms with van der Waals surface area (Å²) in [7, 11) is -3.65. The maximum atomic E-state index is 12.0. The third kappa shape index (κ3) is 3.70. The molecule has 2 aromatic carbocycles. The number of hydrogen-bond acceptors (Lipinski definition) is 3. The molecule has 0 fully saturated rings. The Morgan fingerprint density at radius 2 is 1.84 bits per heavy atom. The van der Waals surface area contributed by atoms with Gasteiger partial charge in [-0.25, -0.2) is 13.1 Å². The predicted octanol–water partition coefficient (Wildman–Crippen LogP) is 2.52. The number of sulfonamides is 1. The average molecular weight is 298 g/mol. The molecule has 0 amide bonds. The van der Waals surface area contributed by atoms with Gasteiger partial charge in [0, 0.05) is 11.6 Å². The summed E-state index contributed by atoms with van der Waals surface area (Å²) in [6, 6.07) is 12.4. The van der Waals surface area contributed by atoms with Gasteiger partial charge in [-0.3, -0.25) is 0 Å². The van der Waals surface area contributed by atoms with Gasteiger partial charge in [0.05, 0.1) is 4.90 Å². The van der Waals surface area contributed by atoms with E-state index in [-0.39, 0.29) is 17.2 Å². The molecule has 0 saturated carbocycles. The van der Waals surface area contributed by atoms with Crippen LogP contribution in [0, 0.1) is 0 Å². The molecule has 100 valence electrons. The molecule has 0 radical (unpaired) electrons. The van der Waals surface area contributed by atoms with E-state index in [0.29, 0.717) is 5.02 Å². The first-order valence-electron chi connectivity index (χ1n) is 5.50. The summed E-state index contributed by atoms with van der Waals surface area (Å²) >= 11 is 5.82. The third-order valence-corrected chi connectivity index (χ3v) is 4.12. The number of phenolic OH excluding ortho intramolecular Hbond substituents is 1. The quantitative estimate of drug-likeness (QED) is 0.911. The zero-order valence-electron chi connectivity index (χ0n) is 9.88. The minimum Gasteiger partial charge on any atom is -0.508 e. The molecule has 0 heterocycles. The lowest BCUT2D eigenvalue weighted by atomic mass is 10.2. The van der Waals surface area contributed by atoms with Crippen molar-refractivity contribution in [2.45, 2.75) is 11.4 Å². The number of phenols is 1. The fraction of sp³-hybridized carbons (Fsp3) is 0.0769. The van der Waals surface area contributed by atoms with Crippen molar-refractivity contribution in [1.29, 1.82) is 0 Å². The topological polar surface area (TPSA) is 66.4 Å². The van der Waals surface area contributed by atoms with Crippen LogP contribution in [0.4, 0.5) is 0 Å². The van der Waals surface area contributed by atoms with Crippen LogP contribution in [0.5, 0.6) is 5.75 Å². The van der Waals surface area contributed by atoms with Crippen LogP contribution in [0.1, 0.15) is 5.56 Å². The number of rotatable bonds is 4. The summed E-state index contributed by atoms with van der Waals surface area (Å²) in [4.78, 5) is 0.0227. The third-order valence-electron chi connectivity index (χ3n) is 2.48. The van der Waals surface area contributed by atoms with Crippen molar-refractivity contribution in [2.24, 2.45) is 0 Å². The lowest BCUT2D eigenvalue weighted by molar-refractivity contribution is 0.473. The van der Waals surface area contributed by atoms with Crippen molar-refractivity contribution in [3.8, 4) is 5.75 Å². The Hall–Kier alpha value is -1.56. The molecular formula is C13H12ClNO3S. The van der Waals surface area contributed by atoms with Gasteiger partial charge in [0.2, 0.25) is 10.0 Å². The second-order valence-corrected chi connectivity index (χ2v) is 6.16. The van der Waals surface area contributed by atoms with E-state index in [0.717, 1.165) is 5.56 Å². The molecule has 0 aliphatic carbocycles. The summed E-state index contributed by atoms with van der Waals surface area (Å²) in [5, 5.41) is 9.84. The van der Waals surface area contributed by atoms with Gasteiger partial charge in [0.1, 0.15) is 5.75 Å². The Kier molecular flexibility index (Phi) is 4.09. The highest BCUT2D eigenvalue weighted by Gasteiger charge is 2.13. The van der Waals surface area contributed by atoms with Crippen LogP contribution in [0.15, 0.2) is 53.4 Å². The molecule has 0 aromatic heterocycles. The van der Waals surface area contributed by atoms with Crippen molar-refractivity contribution in [2.75, 3.05) is 0 Å². The van der Waals surface area contributed by atoms with Crippen molar-refractivity contribution < 1.29 is 13.5 Å². The van der Waals surface area contributed by atoms with Gasteiger partial charge in [0.15, 0.2) is 0 Å². The van der Waals surface area contributed by atoms with Crippen LogP contribution >= 0.6 is 11.6 Å². The SMILES string of the molecule is O=S(=O)(NCc1cccc(Cl)c1)c1cccc(O)c1. The zero-order valence-corrected chi connectivity index (χ0v) is 11.4. The second-order valence-electron chi connectivity index (χ2n) is 3.95. The smallest absolute Gasteiger partial charge is 0.241 e. The molecule has 2 aromatic rings. The lowest BCUT2D eigenvalue weighted by Gasteiger charge is -2.07. The summed E-state index contributed by atoms with van der Waals surface area (Å²) in [5.74, 6) is -0.0920. The van der Waals surface area contributed by atoms with Crippen LogP contribution in [0.3, 0.4) is 0 Å². The van der Waals surface area contributed by atoms with E-state index in [9.17, 15) is 13.5 Å². The van der Waals surface area contributed by atoms with Gasteiger partial charge in [0.25, 0.3) is 0 Å². The van der Waals surface area contributed by atoms with Crippen molar-refractivity contribution in [3.05, 3.63) is 59.1 Å². The maximum Gasteiger partial charge on any atom is 0.241 e. The molecular weight excluding hydrogens is 286 g/mol. The summed E-state index contributed by atoms with van der Waals surface area (Å²) < 4.78 is 26.4. The first-order valence-corrected chi connectivity index (χ1v) is 7.37. The van der Waals surface area contributed by atoms with Gasteiger partial charge in [-0.1, -0.05) is 29.8 Å². The van der Waals surface area contributed by atoms with Gasteiger partial charge in [-0.05, 0) is 35.9 Å². The summed E-state index contributed by atoms with van der Waals surface area (Å²) in [6.45, 7) is 0.137. The Labute approximate surface area is 116 Å². The molecule has 0 unspecified atom stereocenters. The molecule has 0 aliphatic heterocycles. The average Bonchev–Trinajstić information content (AvgIpc) is 2.37. The standard InChI is InChI=1S/C13H12ClNO3S/c14-11-4-1-3-10(7-11)9-15-19(17,18)13-6-2-5-12(16)8-13/h1-8,15-16H,9H2. The highest BCUT2D eigenvalue weighted by Crippen LogP contribution is 2.16. The molecule has 6 heteroatoms. The van der Waals surface area contributed by atoms with Gasteiger partial charge < -0.3 is 5.11 Å². The molecule has 0 bridgehead atoms. The zero-order chi connectivity index (χ0) is 13.9. The van der Waals surface area contributed by atoms with E-state index in [4.69, 9.17) is 11.6 Å². The fourth-order valence-corrected chi connectivity index (χ4v) is 2.83. The minimum absolute atomic E-state index is 0.0227. The van der Waals surface area contributed by atoms with E-state index >= 15 is 0 Å². The number of aromatic hydroxyl groups is 1. The van der Waals surface area contributed by atoms with Crippen LogP contribution in [-0.4, -0.2) is 13.5 Å². The van der Waals surface area contributed by atoms with Crippen molar-refractivity contribution in [1.82, 2.24) is 4.72 Å². The van der Waals surface area contributed by atoms with Crippen molar-refractivity contribution in [3.63, 3.8) is 0 Å². The molecule has 19 heavy (non-hydrogen) atoms. The van der Waals surface area contributed by atoms with E-state index in [1.807, 2.05) is 0 Å². The Balaban J connectivity index is 2.14. The summed E-state index contributed by atoms with van der Waals surface area (Å²) in [6.07, 6.45) is 0. The number of nitrogens with one attached hydrogen (secondary N) is 1. The second kappa shape index (κ2) is 5.61. The first-order chi connectivity index (χ1) is 8.97. The normalized spacial score (nSPS) is 11.4. The Morgan fingerprint density at radius 1 is 1.11 bits per heavy atom. The van der Waals surface area contributed by atoms with Crippen LogP contribution in [-0.2, 0) is 16.6 Å². The Bertz CT molecular complexity index is 686. The van der Waals surface area contributed by atoms with Gasteiger partial charge in [-0.2, -0.15) is 0 Å². The molecule has 0 atom stereocenters. The molecule has 0 spiro atoms. The molecule has 0 aliphatic rings. The number of hydrogen-bond donors (Lipinski definition) is 2. The fourth-order valence-electron chi connectivity index (χ4n) is 1.56. The van der Waals surface area contributed by atoms with Crippen LogP contribution < -0.4 is 4.72 Å². The number of benzene rings is 2. The highest BCUT2D eigenvalue weighted by molar-refractivity contribution is 7.89. The van der Waals surface area contributed by atoms with E-state index in [1.54, 1.807) is 24.3 Å². The predicted molar refractivity (Wildman–Crippen MR) is 73.6 cm³/mol. The molecule has 0 saturated heterocycles. The highest BCUT2D eigenvalue weighted by atomic mass is 35.5. The maximum absolute atomic E-state index is 12.0. The van der Waals surface area contributed by atoms with Crippen molar-refractivity contribution >= 4 is 21.6 Å². The van der Waals surface area contributed by atoms with Crippen LogP contribution in [0.2, 0.25) is 5.02 Å². The van der Waals surface area contributed by atoms with E-state index in [2.05, 4.69) is 4.72 Å². The summed E-state index contributed by atoms with van der Waals surface area (Å²) in [5.41, 5.74) is 0.760. The molecule has 2 N–H and O–H groups in total. The van der Waals surface area contributed by atoms with Gasteiger partial charge >= 0.3 is 0 Å². The van der Waals surface area contributed by atoms with Gasteiger partial charge in [-0.15, -0.1) is 0 Å². The Morgan fingerprint density at radius 3 is 2.53 bits per heavy atom. The largest absolute Gasteiger partial charge is 0.508 e. The molecule has 4 nitrogen and oxygen atoms in total. The first kappa shape index (κ1) is 13.9. The lowest BCUT2D eigenvalue weighted by Crippen LogP contribution is -2.23. The monoisotopic (exact) mass is 297 g/mol. The van der Waals surface area contributed by atoms with Crippen LogP contribution in [0.25, 0.3) is 0 Å². The number of halogens is 1. The minimum atomic E-state index is -3.65. The molecule has 2 rings (SSSR count).